The number of amides is 2. The number of nitrogens with one attached hydrogen (secondary N) is 1. The minimum atomic E-state index is -1.08. The number of urea groups is 1. The molecule has 110 valence electrons. The Morgan fingerprint density at radius 2 is 2.00 bits per heavy atom. The third-order valence-electron chi connectivity index (χ3n) is 2.38. The van der Waals surface area contributed by atoms with Crippen LogP contribution < -0.4 is 5.32 Å². The van der Waals surface area contributed by atoms with E-state index in [9.17, 15) is 9.59 Å². The SMILES string of the molecule is CCCN(CC(=O)O)C(=O)Nc1ccc(Br)c(Cl)c1Cl. The fraction of sp³-hybridized carbons (Fsp3) is 0.333. The molecule has 20 heavy (non-hydrogen) atoms. The number of carbonyl (C=O) groups excluding carboxylic acids is 1. The lowest BCUT2D eigenvalue weighted by Crippen LogP contribution is -2.39. The minimum Gasteiger partial charge on any atom is -0.480 e. The Balaban J connectivity index is 2.88. The molecule has 2 amide bonds. The van der Waals surface area contributed by atoms with Crippen molar-refractivity contribution in [3.05, 3.63) is 26.7 Å². The standard InChI is InChI=1S/C12H13BrCl2N2O3/c1-2-5-17(6-9(18)19)12(20)16-8-4-3-7(13)10(14)11(8)15/h3-4H,2,5-6H2,1H3,(H,16,20)(H,18,19). The molecule has 2 N–H and O–H groups in total. The van der Waals surface area contributed by atoms with Crippen molar-refractivity contribution in [3.8, 4) is 0 Å². The molecular weight excluding hydrogens is 371 g/mol. The quantitative estimate of drug-likeness (QED) is 0.752. The molecule has 0 aliphatic carbocycles. The van der Waals surface area contributed by atoms with Gasteiger partial charge < -0.3 is 15.3 Å². The maximum absolute atomic E-state index is 12.0. The monoisotopic (exact) mass is 382 g/mol. The maximum atomic E-state index is 12.0. The number of hydrogen-bond donors (Lipinski definition) is 2. The minimum absolute atomic E-state index is 0.196. The van der Waals surface area contributed by atoms with Crippen LogP contribution in [0.2, 0.25) is 10.0 Å². The van der Waals surface area contributed by atoms with Crippen LogP contribution in [-0.2, 0) is 4.79 Å². The van der Waals surface area contributed by atoms with E-state index in [0.717, 1.165) is 0 Å². The number of aliphatic carboxylic acids is 1. The van der Waals surface area contributed by atoms with Gasteiger partial charge in [-0.1, -0.05) is 30.1 Å². The van der Waals surface area contributed by atoms with Gasteiger partial charge in [-0.2, -0.15) is 0 Å². The highest BCUT2D eigenvalue weighted by molar-refractivity contribution is 9.10. The second kappa shape index (κ2) is 7.71. The smallest absolute Gasteiger partial charge is 0.323 e. The molecule has 0 saturated heterocycles. The number of carbonyl (C=O) groups is 2. The Kier molecular flexibility index (Phi) is 6.58. The van der Waals surface area contributed by atoms with Gasteiger partial charge >= 0.3 is 12.0 Å². The molecule has 1 rings (SSSR count). The second-order valence-electron chi connectivity index (χ2n) is 3.97. The van der Waals surface area contributed by atoms with E-state index < -0.39 is 12.0 Å². The summed E-state index contributed by atoms with van der Waals surface area (Å²) in [7, 11) is 0. The number of nitrogens with zero attached hydrogens (tertiary/aromatic N) is 1. The first-order chi connectivity index (χ1) is 9.36. The Hall–Kier alpha value is -0.980. The van der Waals surface area contributed by atoms with Crippen LogP contribution in [-0.4, -0.2) is 35.1 Å². The van der Waals surface area contributed by atoms with E-state index >= 15 is 0 Å². The molecule has 0 bridgehead atoms. The Bertz CT molecular complexity index is 526. The van der Waals surface area contributed by atoms with Crippen LogP contribution in [0.15, 0.2) is 16.6 Å². The highest BCUT2D eigenvalue weighted by atomic mass is 79.9. The van der Waals surface area contributed by atoms with Crippen LogP contribution in [0.25, 0.3) is 0 Å². The topological polar surface area (TPSA) is 69.6 Å². The molecule has 0 aromatic heterocycles. The van der Waals surface area contributed by atoms with E-state index in [-0.39, 0.29) is 16.6 Å². The fourth-order valence-corrected chi connectivity index (χ4v) is 2.32. The highest BCUT2D eigenvalue weighted by Crippen LogP contribution is 2.35. The van der Waals surface area contributed by atoms with E-state index in [2.05, 4.69) is 21.2 Å². The predicted octanol–water partition coefficient (Wildman–Crippen LogP) is 4.08. The lowest BCUT2D eigenvalue weighted by molar-refractivity contribution is -0.137. The molecule has 0 unspecified atom stereocenters. The van der Waals surface area contributed by atoms with Gasteiger partial charge in [-0.25, -0.2) is 4.79 Å². The fourth-order valence-electron chi connectivity index (χ4n) is 1.50. The van der Waals surface area contributed by atoms with E-state index in [1.165, 1.54) is 4.90 Å². The molecule has 8 heteroatoms. The average molecular weight is 384 g/mol. The first kappa shape index (κ1) is 17.1. The summed E-state index contributed by atoms with van der Waals surface area (Å²) >= 11 is 15.2. The van der Waals surface area contributed by atoms with Crippen LogP contribution in [0, 0.1) is 0 Å². The summed E-state index contributed by atoms with van der Waals surface area (Å²) < 4.78 is 0.609. The summed E-state index contributed by atoms with van der Waals surface area (Å²) in [5, 5.41) is 11.8. The Morgan fingerprint density at radius 3 is 2.55 bits per heavy atom. The average Bonchev–Trinajstić information content (AvgIpc) is 2.38. The van der Waals surface area contributed by atoms with Gasteiger partial charge in [-0.3, -0.25) is 4.79 Å². The van der Waals surface area contributed by atoms with Crippen molar-refractivity contribution in [1.29, 1.82) is 0 Å². The third-order valence-corrected chi connectivity index (χ3v) is 4.15. The van der Waals surface area contributed by atoms with Gasteiger partial charge in [0, 0.05) is 11.0 Å². The first-order valence-corrected chi connectivity index (χ1v) is 7.33. The van der Waals surface area contributed by atoms with Crippen molar-refractivity contribution in [2.45, 2.75) is 13.3 Å². The number of benzene rings is 1. The van der Waals surface area contributed by atoms with Crippen molar-refractivity contribution in [3.63, 3.8) is 0 Å². The molecule has 0 fully saturated rings. The van der Waals surface area contributed by atoms with Crippen LogP contribution in [0.1, 0.15) is 13.3 Å². The number of halogens is 3. The molecule has 0 heterocycles. The zero-order valence-electron chi connectivity index (χ0n) is 10.6. The van der Waals surface area contributed by atoms with E-state index in [4.69, 9.17) is 28.3 Å². The highest BCUT2D eigenvalue weighted by Gasteiger charge is 2.18. The predicted molar refractivity (Wildman–Crippen MR) is 82.7 cm³/mol. The number of carboxylic acid groups (broad SMARTS) is 1. The lowest BCUT2D eigenvalue weighted by atomic mass is 10.3. The zero-order chi connectivity index (χ0) is 15.3. The van der Waals surface area contributed by atoms with Crippen LogP contribution in [0.4, 0.5) is 10.5 Å². The van der Waals surface area contributed by atoms with Crippen molar-refractivity contribution >= 4 is 56.8 Å². The van der Waals surface area contributed by atoms with Gasteiger partial charge in [0.25, 0.3) is 0 Å². The third kappa shape index (κ3) is 4.54. The molecule has 1 aromatic rings. The van der Waals surface area contributed by atoms with Crippen molar-refractivity contribution in [2.75, 3.05) is 18.4 Å². The van der Waals surface area contributed by atoms with Gasteiger partial charge in [0.05, 0.1) is 15.7 Å². The summed E-state index contributed by atoms with van der Waals surface area (Å²) in [6, 6.07) is 2.70. The largest absolute Gasteiger partial charge is 0.480 e. The summed E-state index contributed by atoms with van der Waals surface area (Å²) in [6.07, 6.45) is 0.648. The molecule has 1 aromatic carbocycles. The van der Waals surface area contributed by atoms with Crippen LogP contribution >= 0.6 is 39.1 Å². The number of hydrogen-bond acceptors (Lipinski definition) is 2. The van der Waals surface area contributed by atoms with E-state index in [0.29, 0.717) is 23.1 Å². The van der Waals surface area contributed by atoms with E-state index in [1.54, 1.807) is 12.1 Å². The van der Waals surface area contributed by atoms with Gasteiger partial charge in [-0.15, -0.1) is 0 Å². The summed E-state index contributed by atoms with van der Waals surface area (Å²) in [5.74, 6) is -1.08. The summed E-state index contributed by atoms with van der Waals surface area (Å²) in [5.41, 5.74) is 0.330. The summed E-state index contributed by atoms with van der Waals surface area (Å²) in [4.78, 5) is 23.9. The molecule has 0 aliphatic heterocycles. The number of rotatable bonds is 5. The first-order valence-electron chi connectivity index (χ1n) is 5.78. The maximum Gasteiger partial charge on any atom is 0.323 e. The van der Waals surface area contributed by atoms with Crippen molar-refractivity contribution in [1.82, 2.24) is 4.90 Å². The van der Waals surface area contributed by atoms with Gasteiger partial charge in [0.1, 0.15) is 6.54 Å². The normalized spacial score (nSPS) is 10.2. The molecule has 0 radical (unpaired) electrons. The zero-order valence-corrected chi connectivity index (χ0v) is 13.7. The van der Waals surface area contributed by atoms with Crippen molar-refractivity contribution in [2.24, 2.45) is 0 Å². The van der Waals surface area contributed by atoms with Gasteiger partial charge in [0.2, 0.25) is 0 Å². The van der Waals surface area contributed by atoms with Crippen LogP contribution in [0.5, 0.6) is 0 Å². The molecule has 0 saturated carbocycles. The summed E-state index contributed by atoms with van der Waals surface area (Å²) in [6.45, 7) is 1.81. The van der Waals surface area contributed by atoms with Crippen LogP contribution in [0.3, 0.4) is 0 Å². The number of anilines is 1. The second-order valence-corrected chi connectivity index (χ2v) is 5.58. The van der Waals surface area contributed by atoms with Crippen molar-refractivity contribution < 1.29 is 14.7 Å². The lowest BCUT2D eigenvalue weighted by Gasteiger charge is -2.21. The number of carboxylic acids is 1. The molecule has 0 spiro atoms. The Morgan fingerprint density at radius 1 is 1.35 bits per heavy atom. The molecule has 5 nitrogen and oxygen atoms in total. The van der Waals surface area contributed by atoms with Gasteiger partial charge in [-0.05, 0) is 34.5 Å². The van der Waals surface area contributed by atoms with E-state index in [1.807, 2.05) is 6.92 Å². The molecular formula is C12H13BrCl2N2O3. The van der Waals surface area contributed by atoms with Gasteiger partial charge in [0.15, 0.2) is 0 Å². The molecule has 0 aliphatic rings. The Labute approximate surface area is 135 Å². The molecule has 0 atom stereocenters.